The Labute approximate surface area is 110 Å². The van der Waals surface area contributed by atoms with Crippen molar-refractivity contribution in [2.24, 2.45) is 0 Å². The summed E-state index contributed by atoms with van der Waals surface area (Å²) in [5, 5.41) is 0. The van der Waals surface area contributed by atoms with Gasteiger partial charge in [0.05, 0.1) is 6.10 Å². The number of aryl methyl sites for hydroxylation is 1. The summed E-state index contributed by atoms with van der Waals surface area (Å²) in [4.78, 5) is 11.4. The van der Waals surface area contributed by atoms with Crippen molar-refractivity contribution in [1.82, 2.24) is 0 Å². The maximum Gasteiger partial charge on any atom is 0.331 e. The molecule has 0 atom stereocenters. The lowest BCUT2D eigenvalue weighted by molar-refractivity contribution is -0.141. The Morgan fingerprint density at radius 3 is 2.39 bits per heavy atom. The van der Waals surface area contributed by atoms with Gasteiger partial charge in [-0.05, 0) is 49.5 Å². The first-order chi connectivity index (χ1) is 8.40. The van der Waals surface area contributed by atoms with Gasteiger partial charge in [-0.3, -0.25) is 0 Å². The molecule has 1 aromatic carbocycles. The summed E-state index contributed by atoms with van der Waals surface area (Å²) in [5.41, 5.74) is 3.62. The molecule has 0 heterocycles. The Balaban J connectivity index is 2.77. The van der Waals surface area contributed by atoms with E-state index in [1.165, 1.54) is 17.2 Å². The van der Waals surface area contributed by atoms with E-state index in [-0.39, 0.29) is 12.1 Å². The van der Waals surface area contributed by atoms with Gasteiger partial charge in [0.25, 0.3) is 0 Å². The molecule has 0 radical (unpaired) electrons. The zero-order valence-electron chi connectivity index (χ0n) is 11.9. The minimum atomic E-state index is -0.296. The van der Waals surface area contributed by atoms with Gasteiger partial charge in [0.15, 0.2) is 0 Å². The van der Waals surface area contributed by atoms with Gasteiger partial charge >= 0.3 is 5.97 Å². The second-order valence-electron chi connectivity index (χ2n) is 5.09. The van der Waals surface area contributed by atoms with Crippen LogP contribution < -0.4 is 0 Å². The predicted molar refractivity (Wildman–Crippen MR) is 75.5 cm³/mol. The first-order valence-electron chi connectivity index (χ1n) is 6.39. The predicted octanol–water partition coefficient (Wildman–Crippen LogP) is 4.08. The standard InChI is InChI=1S/C16H22O2/c1-11(2)15-8-6-14(10-13(15)5)7-9-16(17)18-12(3)4/h6-12H,1-5H3. The summed E-state index contributed by atoms with van der Waals surface area (Å²) < 4.78 is 5.04. The molecule has 0 fully saturated rings. The Bertz CT molecular complexity index is 442. The molecule has 0 unspecified atom stereocenters. The van der Waals surface area contributed by atoms with Crippen LogP contribution in [-0.2, 0) is 9.53 Å². The van der Waals surface area contributed by atoms with E-state index in [0.717, 1.165) is 5.56 Å². The fourth-order valence-corrected chi connectivity index (χ4v) is 1.89. The molecule has 2 heteroatoms. The first-order valence-corrected chi connectivity index (χ1v) is 6.39. The molecule has 2 nitrogen and oxygen atoms in total. The number of carbonyl (C=O) groups is 1. The summed E-state index contributed by atoms with van der Waals surface area (Å²) in [5.74, 6) is 0.226. The van der Waals surface area contributed by atoms with Gasteiger partial charge in [0, 0.05) is 6.08 Å². The lowest BCUT2D eigenvalue weighted by Gasteiger charge is -2.10. The van der Waals surface area contributed by atoms with Gasteiger partial charge in [-0.25, -0.2) is 4.79 Å². The molecule has 0 aliphatic carbocycles. The normalized spacial score (nSPS) is 11.5. The van der Waals surface area contributed by atoms with Crippen molar-refractivity contribution < 1.29 is 9.53 Å². The molecule has 0 bridgehead atoms. The van der Waals surface area contributed by atoms with Crippen molar-refractivity contribution >= 4 is 12.0 Å². The van der Waals surface area contributed by atoms with Gasteiger partial charge in [-0.1, -0.05) is 32.0 Å². The molecular formula is C16H22O2. The molecule has 1 rings (SSSR count). The van der Waals surface area contributed by atoms with E-state index in [1.54, 1.807) is 6.08 Å². The maximum atomic E-state index is 11.4. The number of hydrogen-bond acceptors (Lipinski definition) is 2. The van der Waals surface area contributed by atoms with Crippen molar-refractivity contribution in [3.05, 3.63) is 41.0 Å². The Hall–Kier alpha value is -1.57. The summed E-state index contributed by atoms with van der Waals surface area (Å²) in [6.45, 7) is 10.1. The number of hydrogen-bond donors (Lipinski definition) is 0. The van der Waals surface area contributed by atoms with Crippen LogP contribution in [0.1, 0.15) is 50.3 Å². The highest BCUT2D eigenvalue weighted by atomic mass is 16.5. The van der Waals surface area contributed by atoms with E-state index in [0.29, 0.717) is 5.92 Å². The van der Waals surface area contributed by atoms with Crippen LogP contribution in [0.15, 0.2) is 24.3 Å². The fraction of sp³-hybridized carbons (Fsp3) is 0.438. The van der Waals surface area contributed by atoms with Crippen LogP contribution in [0.3, 0.4) is 0 Å². The molecule has 98 valence electrons. The van der Waals surface area contributed by atoms with Gasteiger partial charge in [0.2, 0.25) is 0 Å². The van der Waals surface area contributed by atoms with Gasteiger partial charge < -0.3 is 4.74 Å². The highest BCUT2D eigenvalue weighted by molar-refractivity contribution is 5.87. The third-order valence-corrected chi connectivity index (χ3v) is 2.68. The SMILES string of the molecule is Cc1cc(C=CC(=O)OC(C)C)ccc1C(C)C. The van der Waals surface area contributed by atoms with Crippen LogP contribution >= 0.6 is 0 Å². The average Bonchev–Trinajstić information content (AvgIpc) is 2.25. The van der Waals surface area contributed by atoms with Crippen molar-refractivity contribution in [3.63, 3.8) is 0 Å². The number of ether oxygens (including phenoxy) is 1. The molecule has 0 saturated carbocycles. The zero-order chi connectivity index (χ0) is 13.7. The van der Waals surface area contributed by atoms with Crippen LogP contribution in [-0.4, -0.2) is 12.1 Å². The van der Waals surface area contributed by atoms with Crippen LogP contribution in [0.2, 0.25) is 0 Å². The van der Waals surface area contributed by atoms with Crippen molar-refractivity contribution in [3.8, 4) is 0 Å². The largest absolute Gasteiger partial charge is 0.460 e. The van der Waals surface area contributed by atoms with Crippen LogP contribution in [0.4, 0.5) is 0 Å². The monoisotopic (exact) mass is 246 g/mol. The van der Waals surface area contributed by atoms with Crippen molar-refractivity contribution in [2.75, 3.05) is 0 Å². The van der Waals surface area contributed by atoms with Crippen molar-refractivity contribution in [2.45, 2.75) is 46.6 Å². The van der Waals surface area contributed by atoms with E-state index >= 15 is 0 Å². The fourth-order valence-electron chi connectivity index (χ4n) is 1.89. The molecule has 0 spiro atoms. The Morgan fingerprint density at radius 2 is 1.89 bits per heavy atom. The third-order valence-electron chi connectivity index (χ3n) is 2.68. The summed E-state index contributed by atoms with van der Waals surface area (Å²) in [6, 6.07) is 6.24. The Morgan fingerprint density at radius 1 is 1.22 bits per heavy atom. The molecule has 1 aromatic rings. The van der Waals surface area contributed by atoms with E-state index < -0.39 is 0 Å². The molecule has 0 aromatic heterocycles. The molecular weight excluding hydrogens is 224 g/mol. The molecule has 18 heavy (non-hydrogen) atoms. The van der Waals surface area contributed by atoms with Gasteiger partial charge in [0.1, 0.15) is 0 Å². The smallest absolute Gasteiger partial charge is 0.331 e. The number of rotatable bonds is 4. The third kappa shape index (κ3) is 4.36. The van der Waals surface area contributed by atoms with Crippen molar-refractivity contribution in [1.29, 1.82) is 0 Å². The van der Waals surface area contributed by atoms with Crippen LogP contribution in [0.25, 0.3) is 6.08 Å². The summed E-state index contributed by atoms with van der Waals surface area (Å²) in [6.07, 6.45) is 3.19. The maximum absolute atomic E-state index is 11.4. The molecule has 0 aliphatic heterocycles. The summed E-state index contributed by atoms with van der Waals surface area (Å²) in [7, 11) is 0. The van der Waals surface area contributed by atoms with E-state index in [2.05, 4.69) is 32.9 Å². The minimum absolute atomic E-state index is 0.0767. The van der Waals surface area contributed by atoms with Gasteiger partial charge in [-0.15, -0.1) is 0 Å². The lowest BCUT2D eigenvalue weighted by atomic mass is 9.96. The van der Waals surface area contributed by atoms with E-state index in [4.69, 9.17) is 4.74 Å². The highest BCUT2D eigenvalue weighted by Crippen LogP contribution is 2.20. The first kappa shape index (κ1) is 14.5. The second kappa shape index (κ2) is 6.39. The van der Waals surface area contributed by atoms with E-state index in [9.17, 15) is 4.79 Å². The molecule has 0 saturated heterocycles. The number of benzene rings is 1. The quantitative estimate of drug-likeness (QED) is 0.591. The Kier molecular flexibility index (Phi) is 5.14. The highest BCUT2D eigenvalue weighted by Gasteiger charge is 2.04. The summed E-state index contributed by atoms with van der Waals surface area (Å²) >= 11 is 0. The molecule has 0 N–H and O–H groups in total. The van der Waals surface area contributed by atoms with Crippen LogP contribution in [0.5, 0.6) is 0 Å². The molecule has 0 aliphatic rings. The number of esters is 1. The lowest BCUT2D eigenvalue weighted by Crippen LogP contribution is -2.08. The minimum Gasteiger partial charge on any atom is -0.460 e. The number of carbonyl (C=O) groups excluding carboxylic acids is 1. The van der Waals surface area contributed by atoms with Crippen LogP contribution in [0, 0.1) is 6.92 Å². The second-order valence-corrected chi connectivity index (χ2v) is 5.09. The topological polar surface area (TPSA) is 26.3 Å². The average molecular weight is 246 g/mol. The molecule has 0 amide bonds. The van der Waals surface area contributed by atoms with E-state index in [1.807, 2.05) is 19.9 Å². The van der Waals surface area contributed by atoms with Gasteiger partial charge in [-0.2, -0.15) is 0 Å². The zero-order valence-corrected chi connectivity index (χ0v) is 11.9.